The van der Waals surface area contributed by atoms with Crippen LogP contribution in [0.5, 0.6) is 0 Å². The number of piperidine rings is 1. The van der Waals surface area contributed by atoms with E-state index in [2.05, 4.69) is 35.2 Å². The molecule has 1 saturated heterocycles. The largest absolute Gasteiger partial charge is 0.383 e. The molecule has 1 aliphatic rings. The van der Waals surface area contributed by atoms with Gasteiger partial charge in [-0.15, -0.1) is 0 Å². The summed E-state index contributed by atoms with van der Waals surface area (Å²) < 4.78 is 0. The van der Waals surface area contributed by atoms with E-state index in [1.807, 2.05) is 12.4 Å². The third kappa shape index (κ3) is 2.95. The molecule has 0 atom stereocenters. The molecule has 1 N–H and O–H groups in total. The highest BCUT2D eigenvalue weighted by Gasteiger charge is 2.16. The summed E-state index contributed by atoms with van der Waals surface area (Å²) in [6, 6.07) is 2.05. The fourth-order valence-electron chi connectivity index (χ4n) is 2.17. The Labute approximate surface area is 97.9 Å². The summed E-state index contributed by atoms with van der Waals surface area (Å²) in [5, 5.41) is 3.52. The fraction of sp³-hybridized carbons (Fsp3) is 0.615. The minimum absolute atomic E-state index is 0.816. The lowest BCUT2D eigenvalue weighted by molar-refractivity contribution is 0.226. The number of nitrogens with one attached hydrogen (secondary N) is 1. The predicted molar refractivity (Wildman–Crippen MR) is 67.7 cm³/mol. The van der Waals surface area contributed by atoms with Gasteiger partial charge in [-0.3, -0.25) is 4.98 Å². The van der Waals surface area contributed by atoms with Crippen LogP contribution in [0.4, 0.5) is 5.69 Å². The first kappa shape index (κ1) is 11.4. The molecule has 0 saturated carbocycles. The summed E-state index contributed by atoms with van der Waals surface area (Å²) in [7, 11) is 2.20. The molecule has 0 spiro atoms. The zero-order valence-electron chi connectivity index (χ0n) is 10.2. The third-order valence-electron chi connectivity index (χ3n) is 3.46. The fourth-order valence-corrected chi connectivity index (χ4v) is 2.17. The van der Waals surface area contributed by atoms with E-state index >= 15 is 0 Å². The van der Waals surface area contributed by atoms with Gasteiger partial charge >= 0.3 is 0 Å². The van der Waals surface area contributed by atoms with Crippen LogP contribution in [0.15, 0.2) is 18.5 Å². The first-order chi connectivity index (χ1) is 7.75. The van der Waals surface area contributed by atoms with Crippen molar-refractivity contribution >= 4 is 5.69 Å². The van der Waals surface area contributed by atoms with Crippen LogP contribution in [0.3, 0.4) is 0 Å². The molecule has 1 aromatic rings. The number of aryl methyl sites for hydroxylation is 1. The summed E-state index contributed by atoms with van der Waals surface area (Å²) >= 11 is 0. The molecule has 88 valence electrons. The van der Waals surface area contributed by atoms with E-state index in [0.717, 1.165) is 12.5 Å². The molecule has 0 radical (unpaired) electrons. The molecule has 16 heavy (non-hydrogen) atoms. The van der Waals surface area contributed by atoms with E-state index < -0.39 is 0 Å². The number of pyridine rings is 1. The standard InChI is InChI=1S/C13H21N3/c1-11-3-6-14-10-13(11)15-9-12-4-7-16(2)8-5-12/h3,6,10,12,15H,4-5,7-9H2,1-2H3. The van der Waals surface area contributed by atoms with Gasteiger partial charge in [-0.2, -0.15) is 0 Å². The highest BCUT2D eigenvalue weighted by Crippen LogP contribution is 2.18. The van der Waals surface area contributed by atoms with Crippen molar-refractivity contribution in [1.82, 2.24) is 9.88 Å². The number of nitrogens with zero attached hydrogens (tertiary/aromatic N) is 2. The number of anilines is 1. The monoisotopic (exact) mass is 219 g/mol. The molecular weight excluding hydrogens is 198 g/mol. The van der Waals surface area contributed by atoms with Crippen LogP contribution in [-0.4, -0.2) is 36.6 Å². The van der Waals surface area contributed by atoms with Crippen molar-refractivity contribution in [3.8, 4) is 0 Å². The zero-order valence-corrected chi connectivity index (χ0v) is 10.2. The molecular formula is C13H21N3. The average Bonchev–Trinajstić information content (AvgIpc) is 2.30. The Morgan fingerprint density at radius 2 is 2.19 bits per heavy atom. The molecule has 0 unspecified atom stereocenters. The first-order valence-electron chi connectivity index (χ1n) is 6.09. The van der Waals surface area contributed by atoms with Crippen molar-refractivity contribution in [2.24, 2.45) is 5.92 Å². The quantitative estimate of drug-likeness (QED) is 0.844. The molecule has 2 rings (SSSR count). The minimum Gasteiger partial charge on any atom is -0.383 e. The summed E-state index contributed by atoms with van der Waals surface area (Å²) in [5.74, 6) is 0.816. The number of aromatic nitrogens is 1. The van der Waals surface area contributed by atoms with Gasteiger partial charge in [0.1, 0.15) is 0 Å². The lowest BCUT2D eigenvalue weighted by atomic mass is 9.97. The molecule has 2 heterocycles. The second-order valence-corrected chi connectivity index (χ2v) is 4.82. The Kier molecular flexibility index (Phi) is 3.78. The van der Waals surface area contributed by atoms with Crippen molar-refractivity contribution in [2.45, 2.75) is 19.8 Å². The molecule has 0 aromatic carbocycles. The van der Waals surface area contributed by atoms with Gasteiger partial charge in [-0.1, -0.05) is 0 Å². The van der Waals surface area contributed by atoms with E-state index in [9.17, 15) is 0 Å². The molecule has 1 fully saturated rings. The maximum atomic E-state index is 4.15. The van der Waals surface area contributed by atoms with Crippen molar-refractivity contribution in [3.05, 3.63) is 24.0 Å². The van der Waals surface area contributed by atoms with E-state index in [1.165, 1.54) is 37.2 Å². The van der Waals surface area contributed by atoms with E-state index in [0.29, 0.717) is 0 Å². The normalized spacial score (nSPS) is 18.6. The number of hydrogen-bond donors (Lipinski definition) is 1. The second kappa shape index (κ2) is 5.30. The Morgan fingerprint density at radius 1 is 1.44 bits per heavy atom. The molecule has 3 heteroatoms. The smallest absolute Gasteiger partial charge is 0.0556 e. The Balaban J connectivity index is 1.81. The zero-order chi connectivity index (χ0) is 11.4. The Morgan fingerprint density at radius 3 is 2.88 bits per heavy atom. The molecule has 0 amide bonds. The van der Waals surface area contributed by atoms with Crippen molar-refractivity contribution in [1.29, 1.82) is 0 Å². The Hall–Kier alpha value is -1.09. The van der Waals surface area contributed by atoms with E-state index in [4.69, 9.17) is 0 Å². The first-order valence-corrected chi connectivity index (χ1v) is 6.09. The average molecular weight is 219 g/mol. The molecule has 3 nitrogen and oxygen atoms in total. The molecule has 1 aliphatic heterocycles. The molecule has 1 aromatic heterocycles. The van der Waals surface area contributed by atoms with E-state index in [-0.39, 0.29) is 0 Å². The van der Waals surface area contributed by atoms with Gasteiger partial charge in [0.05, 0.1) is 11.9 Å². The van der Waals surface area contributed by atoms with Crippen LogP contribution < -0.4 is 5.32 Å². The van der Waals surface area contributed by atoms with Gasteiger partial charge in [0, 0.05) is 12.7 Å². The van der Waals surface area contributed by atoms with Gasteiger partial charge in [-0.05, 0) is 57.5 Å². The van der Waals surface area contributed by atoms with Crippen LogP contribution in [0, 0.1) is 12.8 Å². The predicted octanol–water partition coefficient (Wildman–Crippen LogP) is 2.14. The summed E-state index contributed by atoms with van der Waals surface area (Å²) in [5.41, 5.74) is 2.46. The summed E-state index contributed by atoms with van der Waals surface area (Å²) in [6.45, 7) is 5.68. The topological polar surface area (TPSA) is 28.2 Å². The molecule has 0 bridgehead atoms. The second-order valence-electron chi connectivity index (χ2n) is 4.82. The Bertz CT molecular complexity index is 330. The minimum atomic E-state index is 0.816. The van der Waals surface area contributed by atoms with Gasteiger partial charge < -0.3 is 10.2 Å². The maximum Gasteiger partial charge on any atom is 0.0556 e. The maximum absolute atomic E-state index is 4.15. The highest BCUT2D eigenvalue weighted by atomic mass is 15.1. The van der Waals surface area contributed by atoms with Gasteiger partial charge in [0.15, 0.2) is 0 Å². The van der Waals surface area contributed by atoms with Crippen molar-refractivity contribution < 1.29 is 0 Å². The summed E-state index contributed by atoms with van der Waals surface area (Å²) in [6.07, 6.45) is 6.38. The number of hydrogen-bond acceptors (Lipinski definition) is 3. The van der Waals surface area contributed by atoms with Crippen LogP contribution in [0.1, 0.15) is 18.4 Å². The lowest BCUT2D eigenvalue weighted by Crippen LogP contribution is -2.33. The highest BCUT2D eigenvalue weighted by molar-refractivity contribution is 5.47. The third-order valence-corrected chi connectivity index (χ3v) is 3.46. The van der Waals surface area contributed by atoms with Gasteiger partial charge in [-0.25, -0.2) is 0 Å². The number of likely N-dealkylation sites (tertiary alicyclic amines) is 1. The van der Waals surface area contributed by atoms with Crippen molar-refractivity contribution in [2.75, 3.05) is 32.0 Å². The van der Waals surface area contributed by atoms with E-state index in [1.54, 1.807) is 0 Å². The summed E-state index contributed by atoms with van der Waals surface area (Å²) in [4.78, 5) is 6.56. The lowest BCUT2D eigenvalue weighted by Gasteiger charge is -2.29. The van der Waals surface area contributed by atoms with Crippen LogP contribution >= 0.6 is 0 Å². The molecule has 0 aliphatic carbocycles. The van der Waals surface area contributed by atoms with Crippen LogP contribution in [0.25, 0.3) is 0 Å². The van der Waals surface area contributed by atoms with Crippen LogP contribution in [-0.2, 0) is 0 Å². The SMILES string of the molecule is Cc1ccncc1NCC1CCN(C)CC1. The van der Waals surface area contributed by atoms with Gasteiger partial charge in [0.25, 0.3) is 0 Å². The van der Waals surface area contributed by atoms with Crippen LogP contribution in [0.2, 0.25) is 0 Å². The van der Waals surface area contributed by atoms with Gasteiger partial charge in [0.2, 0.25) is 0 Å². The van der Waals surface area contributed by atoms with Crippen molar-refractivity contribution in [3.63, 3.8) is 0 Å². The number of rotatable bonds is 3.